The first kappa shape index (κ1) is 12.9. The van der Waals surface area contributed by atoms with E-state index < -0.39 is 0 Å². The van der Waals surface area contributed by atoms with Crippen molar-refractivity contribution in [3.8, 4) is 11.5 Å². The molecule has 4 nitrogen and oxygen atoms in total. The molecule has 0 radical (unpaired) electrons. The summed E-state index contributed by atoms with van der Waals surface area (Å²) in [5.41, 5.74) is 0.890. The highest BCUT2D eigenvalue weighted by Gasteiger charge is 2.14. The number of nitrogens with zero attached hydrogens (tertiary/aromatic N) is 2. The molecule has 0 bridgehead atoms. The fourth-order valence-corrected chi connectivity index (χ4v) is 1.98. The van der Waals surface area contributed by atoms with Crippen molar-refractivity contribution in [2.24, 2.45) is 0 Å². The molecule has 0 fully saturated rings. The minimum atomic E-state index is 0.269. The zero-order chi connectivity index (χ0) is 13.1. The Balaban J connectivity index is 2.23. The lowest BCUT2D eigenvalue weighted by atomic mass is 10.2. The highest BCUT2D eigenvalue weighted by atomic mass is 16.3. The maximum Gasteiger partial charge on any atom is 0.154 e. The maximum atomic E-state index is 5.87. The molecule has 0 aliphatic carbocycles. The molecule has 0 aliphatic heterocycles. The maximum absolute atomic E-state index is 5.87. The van der Waals surface area contributed by atoms with Gasteiger partial charge in [0.2, 0.25) is 0 Å². The van der Waals surface area contributed by atoms with Gasteiger partial charge in [-0.25, -0.2) is 0 Å². The lowest BCUT2D eigenvalue weighted by Gasteiger charge is -2.09. The second kappa shape index (κ2) is 5.40. The van der Waals surface area contributed by atoms with Gasteiger partial charge in [0.25, 0.3) is 0 Å². The molecule has 2 aromatic rings. The Morgan fingerprint density at radius 3 is 2.67 bits per heavy atom. The SMILES string of the molecule is CCC(NC)c1ccc(-c2ccn(C(C)C)n2)o1. The summed E-state index contributed by atoms with van der Waals surface area (Å²) in [7, 11) is 1.95. The topological polar surface area (TPSA) is 43.0 Å². The average molecular weight is 247 g/mol. The van der Waals surface area contributed by atoms with Crippen molar-refractivity contribution in [2.45, 2.75) is 39.3 Å². The van der Waals surface area contributed by atoms with Crippen LogP contribution < -0.4 is 5.32 Å². The Labute approximate surface area is 108 Å². The number of furan rings is 1. The van der Waals surface area contributed by atoms with Crippen LogP contribution in [0.5, 0.6) is 0 Å². The van der Waals surface area contributed by atoms with E-state index in [-0.39, 0.29) is 6.04 Å². The van der Waals surface area contributed by atoms with Gasteiger partial charge < -0.3 is 9.73 Å². The molecule has 1 N–H and O–H groups in total. The minimum Gasteiger partial charge on any atom is -0.458 e. The van der Waals surface area contributed by atoms with E-state index in [1.807, 2.05) is 36.1 Å². The summed E-state index contributed by atoms with van der Waals surface area (Å²) in [6.07, 6.45) is 2.99. The summed E-state index contributed by atoms with van der Waals surface area (Å²) in [6, 6.07) is 6.64. The largest absolute Gasteiger partial charge is 0.458 e. The molecule has 18 heavy (non-hydrogen) atoms. The molecule has 0 spiro atoms. The van der Waals surface area contributed by atoms with E-state index >= 15 is 0 Å². The van der Waals surface area contributed by atoms with Gasteiger partial charge in [0.05, 0.1) is 6.04 Å². The molecule has 0 saturated heterocycles. The van der Waals surface area contributed by atoms with Gasteiger partial charge in [-0.05, 0) is 45.5 Å². The van der Waals surface area contributed by atoms with Crippen molar-refractivity contribution in [1.29, 1.82) is 0 Å². The van der Waals surface area contributed by atoms with E-state index in [9.17, 15) is 0 Å². The molecule has 98 valence electrons. The first-order valence-electron chi connectivity index (χ1n) is 6.48. The summed E-state index contributed by atoms with van der Waals surface area (Å²) < 4.78 is 7.81. The predicted molar refractivity (Wildman–Crippen MR) is 72.4 cm³/mol. The number of hydrogen-bond acceptors (Lipinski definition) is 3. The van der Waals surface area contributed by atoms with Crippen LogP contribution in [0.25, 0.3) is 11.5 Å². The summed E-state index contributed by atoms with van der Waals surface area (Å²) in [4.78, 5) is 0. The van der Waals surface area contributed by atoms with Crippen LogP contribution in [0.2, 0.25) is 0 Å². The van der Waals surface area contributed by atoms with Crippen molar-refractivity contribution in [2.75, 3.05) is 7.05 Å². The van der Waals surface area contributed by atoms with Crippen LogP contribution in [0.1, 0.15) is 45.0 Å². The average Bonchev–Trinajstić information content (AvgIpc) is 2.98. The van der Waals surface area contributed by atoms with Gasteiger partial charge in [0.1, 0.15) is 11.5 Å². The molecule has 1 atom stereocenters. The molecule has 2 rings (SSSR count). The van der Waals surface area contributed by atoms with E-state index in [4.69, 9.17) is 4.42 Å². The molecule has 0 aromatic carbocycles. The molecule has 2 aromatic heterocycles. The molecular weight excluding hydrogens is 226 g/mol. The first-order chi connectivity index (χ1) is 8.65. The van der Waals surface area contributed by atoms with E-state index in [0.717, 1.165) is 23.6 Å². The van der Waals surface area contributed by atoms with Gasteiger partial charge >= 0.3 is 0 Å². The lowest BCUT2D eigenvalue weighted by Crippen LogP contribution is -2.14. The third kappa shape index (κ3) is 2.48. The summed E-state index contributed by atoms with van der Waals surface area (Å²) in [5, 5.41) is 7.74. The van der Waals surface area contributed by atoms with Crippen LogP contribution in [-0.2, 0) is 0 Å². The van der Waals surface area contributed by atoms with Gasteiger partial charge in [0, 0.05) is 12.2 Å². The Morgan fingerprint density at radius 1 is 1.33 bits per heavy atom. The smallest absolute Gasteiger partial charge is 0.154 e. The minimum absolute atomic E-state index is 0.269. The molecule has 0 aliphatic rings. The quantitative estimate of drug-likeness (QED) is 0.880. The van der Waals surface area contributed by atoms with E-state index in [2.05, 4.69) is 31.2 Å². The molecule has 2 heterocycles. The standard InChI is InChI=1S/C14H21N3O/c1-5-11(15-4)13-6-7-14(18-13)12-8-9-17(16-12)10(2)3/h6-11,15H,5H2,1-4H3. The monoisotopic (exact) mass is 247 g/mol. The van der Waals surface area contributed by atoms with Crippen molar-refractivity contribution >= 4 is 0 Å². The van der Waals surface area contributed by atoms with Crippen LogP contribution in [0.15, 0.2) is 28.8 Å². The normalized spacial score (nSPS) is 13.2. The van der Waals surface area contributed by atoms with Gasteiger partial charge in [-0.3, -0.25) is 4.68 Å². The fraction of sp³-hybridized carbons (Fsp3) is 0.500. The molecule has 0 saturated carbocycles. The third-order valence-electron chi connectivity index (χ3n) is 3.12. The molecule has 0 amide bonds. The first-order valence-corrected chi connectivity index (χ1v) is 6.48. The Morgan fingerprint density at radius 2 is 2.11 bits per heavy atom. The second-order valence-electron chi connectivity index (χ2n) is 4.73. The second-order valence-corrected chi connectivity index (χ2v) is 4.73. The summed E-state index contributed by atoms with van der Waals surface area (Å²) >= 11 is 0. The highest BCUT2D eigenvalue weighted by Crippen LogP contribution is 2.25. The van der Waals surface area contributed by atoms with Gasteiger partial charge in [0.15, 0.2) is 5.76 Å². The summed E-state index contributed by atoms with van der Waals surface area (Å²) in [5.74, 6) is 1.80. The van der Waals surface area contributed by atoms with E-state index in [0.29, 0.717) is 6.04 Å². The van der Waals surface area contributed by atoms with Crippen LogP contribution in [0.4, 0.5) is 0 Å². The molecule has 1 unspecified atom stereocenters. The van der Waals surface area contributed by atoms with E-state index in [1.165, 1.54) is 0 Å². The molecular formula is C14H21N3O. The predicted octanol–water partition coefficient (Wildman–Crippen LogP) is 3.39. The van der Waals surface area contributed by atoms with Crippen LogP contribution in [0.3, 0.4) is 0 Å². The van der Waals surface area contributed by atoms with Crippen molar-refractivity contribution in [1.82, 2.24) is 15.1 Å². The van der Waals surface area contributed by atoms with Crippen LogP contribution in [-0.4, -0.2) is 16.8 Å². The Bertz CT molecular complexity index is 495. The summed E-state index contributed by atoms with van der Waals surface area (Å²) in [6.45, 7) is 6.35. The number of rotatable bonds is 5. The Hall–Kier alpha value is -1.55. The highest BCUT2D eigenvalue weighted by molar-refractivity contribution is 5.51. The van der Waals surface area contributed by atoms with Crippen molar-refractivity contribution in [3.05, 3.63) is 30.2 Å². The zero-order valence-electron chi connectivity index (χ0n) is 11.5. The van der Waals surface area contributed by atoms with Gasteiger partial charge in [-0.15, -0.1) is 0 Å². The Kier molecular flexibility index (Phi) is 3.87. The van der Waals surface area contributed by atoms with Crippen LogP contribution in [0, 0.1) is 0 Å². The number of hydrogen-bond donors (Lipinski definition) is 1. The van der Waals surface area contributed by atoms with Crippen molar-refractivity contribution in [3.63, 3.8) is 0 Å². The van der Waals surface area contributed by atoms with Crippen LogP contribution >= 0.6 is 0 Å². The third-order valence-corrected chi connectivity index (χ3v) is 3.12. The van der Waals surface area contributed by atoms with Crippen molar-refractivity contribution < 1.29 is 4.42 Å². The number of nitrogens with one attached hydrogen (secondary N) is 1. The lowest BCUT2D eigenvalue weighted by molar-refractivity contribution is 0.429. The zero-order valence-corrected chi connectivity index (χ0v) is 11.5. The van der Waals surface area contributed by atoms with Gasteiger partial charge in [-0.2, -0.15) is 5.10 Å². The molecule has 4 heteroatoms. The van der Waals surface area contributed by atoms with E-state index in [1.54, 1.807) is 0 Å². The number of aromatic nitrogens is 2. The van der Waals surface area contributed by atoms with Gasteiger partial charge in [-0.1, -0.05) is 6.92 Å². The fourth-order valence-electron chi connectivity index (χ4n) is 1.98.